The van der Waals surface area contributed by atoms with E-state index in [1.807, 2.05) is 32.9 Å². The van der Waals surface area contributed by atoms with Crippen molar-refractivity contribution in [3.8, 4) is 0 Å². The van der Waals surface area contributed by atoms with Crippen LogP contribution in [0.2, 0.25) is 0 Å². The topological polar surface area (TPSA) is 84.2 Å². The molecule has 3 rings (SSSR count). The summed E-state index contributed by atoms with van der Waals surface area (Å²) in [5.74, 6) is 0.737. The summed E-state index contributed by atoms with van der Waals surface area (Å²) in [5, 5.41) is 6.17. The highest BCUT2D eigenvalue weighted by Gasteiger charge is 2.40. The number of amides is 2. The molecule has 0 spiro atoms. The Morgan fingerprint density at radius 2 is 1.69 bits per heavy atom. The fraction of sp³-hybridized carbons (Fsp3) is 0.619. The molecule has 142 valence electrons. The summed E-state index contributed by atoms with van der Waals surface area (Å²) < 4.78 is 0. The number of hydrogen-bond donors (Lipinski definition) is 3. The molecule has 2 bridgehead atoms. The monoisotopic (exact) mass is 357 g/mol. The van der Waals surface area contributed by atoms with Crippen LogP contribution >= 0.6 is 0 Å². The van der Waals surface area contributed by atoms with Crippen molar-refractivity contribution in [2.45, 2.75) is 65.0 Å². The van der Waals surface area contributed by atoms with Gasteiger partial charge < -0.3 is 16.4 Å². The Morgan fingerprint density at radius 3 is 2.31 bits per heavy atom. The van der Waals surface area contributed by atoms with Crippen LogP contribution in [0.4, 0.5) is 5.69 Å². The number of fused-ring (bicyclic) bond motifs is 2. The number of anilines is 1. The number of carbonyl (C=O) groups is 2. The Bertz CT molecular complexity index is 666. The summed E-state index contributed by atoms with van der Waals surface area (Å²) in [6, 6.07) is 7.69. The van der Waals surface area contributed by atoms with Crippen molar-refractivity contribution >= 4 is 17.5 Å². The molecule has 2 aliphatic carbocycles. The second-order valence-electron chi connectivity index (χ2n) is 8.93. The number of para-hydroxylation sites is 1. The summed E-state index contributed by atoms with van der Waals surface area (Å²) in [6.45, 7) is 5.58. The first-order valence-electron chi connectivity index (χ1n) is 9.72. The van der Waals surface area contributed by atoms with Gasteiger partial charge in [-0.1, -0.05) is 39.3 Å². The van der Waals surface area contributed by atoms with Crippen molar-refractivity contribution in [1.82, 2.24) is 5.32 Å². The number of carbonyl (C=O) groups excluding carboxylic acids is 2. The highest BCUT2D eigenvalue weighted by Crippen LogP contribution is 2.39. The van der Waals surface area contributed by atoms with Crippen LogP contribution in [-0.2, 0) is 4.79 Å². The van der Waals surface area contributed by atoms with Crippen LogP contribution in [0.25, 0.3) is 0 Å². The van der Waals surface area contributed by atoms with E-state index in [4.69, 9.17) is 5.73 Å². The van der Waals surface area contributed by atoms with Gasteiger partial charge in [-0.2, -0.15) is 0 Å². The average Bonchev–Trinajstić information content (AvgIpc) is 2.55. The summed E-state index contributed by atoms with van der Waals surface area (Å²) in [7, 11) is 0. The zero-order valence-electron chi connectivity index (χ0n) is 16.0. The number of hydrogen-bond acceptors (Lipinski definition) is 3. The van der Waals surface area contributed by atoms with Crippen molar-refractivity contribution in [1.29, 1.82) is 0 Å². The number of nitrogens with two attached hydrogens (primary N) is 1. The molecule has 0 heterocycles. The first kappa shape index (κ1) is 18.9. The van der Waals surface area contributed by atoms with Gasteiger partial charge in [-0.3, -0.25) is 9.59 Å². The van der Waals surface area contributed by atoms with Crippen LogP contribution in [0.3, 0.4) is 0 Å². The zero-order chi connectivity index (χ0) is 18.9. The van der Waals surface area contributed by atoms with Crippen LogP contribution in [0.1, 0.15) is 63.2 Å². The third-order valence-electron chi connectivity index (χ3n) is 5.78. The Labute approximate surface area is 156 Å². The van der Waals surface area contributed by atoms with Crippen LogP contribution in [0.5, 0.6) is 0 Å². The molecular weight excluding hydrogens is 326 g/mol. The number of benzene rings is 1. The molecule has 1 aromatic carbocycles. The number of nitrogens with one attached hydrogen (secondary N) is 2. The normalized spacial score (nSPS) is 28.3. The van der Waals surface area contributed by atoms with Gasteiger partial charge in [0.05, 0.1) is 11.3 Å². The molecule has 2 atom stereocenters. The van der Waals surface area contributed by atoms with Gasteiger partial charge in [0.2, 0.25) is 5.91 Å². The highest BCUT2D eigenvalue weighted by molar-refractivity contribution is 6.04. The standard InChI is InChI=1S/C21H31N3O2/c1-21(2,3)20(26)23-17-10-5-4-9-16(17)19(25)24-18-13-7-6-8-14(18)12-15(22)11-13/h4-5,9-10,13-15,18H,6-8,11-12,22H2,1-3H3,(H,23,26)(H,24,25). The zero-order valence-corrected chi connectivity index (χ0v) is 16.0. The maximum Gasteiger partial charge on any atom is 0.253 e. The van der Waals surface area contributed by atoms with Crippen LogP contribution in [0, 0.1) is 17.3 Å². The van der Waals surface area contributed by atoms with E-state index in [9.17, 15) is 9.59 Å². The molecule has 0 saturated heterocycles. The van der Waals surface area contributed by atoms with E-state index >= 15 is 0 Å². The fourth-order valence-corrected chi connectivity index (χ4v) is 4.35. The summed E-state index contributed by atoms with van der Waals surface area (Å²) in [5.41, 5.74) is 6.77. The second-order valence-corrected chi connectivity index (χ2v) is 8.93. The van der Waals surface area contributed by atoms with Gasteiger partial charge >= 0.3 is 0 Å². The molecule has 2 saturated carbocycles. The Balaban J connectivity index is 1.75. The predicted molar refractivity (Wildman–Crippen MR) is 104 cm³/mol. The minimum absolute atomic E-state index is 0.0988. The van der Waals surface area contributed by atoms with Gasteiger partial charge in [0, 0.05) is 17.5 Å². The predicted octanol–water partition coefficient (Wildman–Crippen LogP) is 3.31. The van der Waals surface area contributed by atoms with Crippen LogP contribution in [-0.4, -0.2) is 23.9 Å². The lowest BCUT2D eigenvalue weighted by Gasteiger charge is -2.45. The molecule has 0 aliphatic heterocycles. The van der Waals surface area contributed by atoms with Gasteiger partial charge in [0.15, 0.2) is 0 Å². The van der Waals surface area contributed by atoms with Gasteiger partial charge in [0.1, 0.15) is 0 Å². The first-order chi connectivity index (χ1) is 12.3. The molecule has 2 aliphatic rings. The lowest BCUT2D eigenvalue weighted by molar-refractivity contribution is -0.123. The first-order valence-corrected chi connectivity index (χ1v) is 9.72. The quantitative estimate of drug-likeness (QED) is 0.776. The van der Waals surface area contributed by atoms with Crippen molar-refractivity contribution in [2.24, 2.45) is 23.0 Å². The third kappa shape index (κ3) is 4.09. The fourth-order valence-electron chi connectivity index (χ4n) is 4.35. The third-order valence-corrected chi connectivity index (χ3v) is 5.78. The number of rotatable bonds is 3. The van der Waals surface area contributed by atoms with Crippen LogP contribution in [0.15, 0.2) is 24.3 Å². The summed E-state index contributed by atoms with van der Waals surface area (Å²) in [6.07, 6.45) is 5.48. The lowest BCUT2D eigenvalue weighted by atomic mass is 9.67. The van der Waals surface area contributed by atoms with E-state index in [0.717, 1.165) is 25.7 Å². The molecule has 4 N–H and O–H groups in total. The largest absolute Gasteiger partial charge is 0.349 e. The SMILES string of the molecule is CC(C)(C)C(=O)Nc1ccccc1C(=O)NC1C2CCCC1CC(N)C2. The van der Waals surface area contributed by atoms with Crippen LogP contribution < -0.4 is 16.4 Å². The van der Waals surface area contributed by atoms with Gasteiger partial charge in [-0.25, -0.2) is 0 Å². The van der Waals surface area contributed by atoms with Crippen molar-refractivity contribution < 1.29 is 9.59 Å². The van der Waals surface area contributed by atoms with Crippen molar-refractivity contribution in [3.05, 3.63) is 29.8 Å². The Hall–Kier alpha value is -1.88. The lowest BCUT2D eigenvalue weighted by Crippen LogP contribution is -2.53. The van der Waals surface area contributed by atoms with Gasteiger partial charge in [-0.05, 0) is 49.7 Å². The minimum Gasteiger partial charge on any atom is -0.349 e. The molecule has 5 heteroatoms. The van der Waals surface area contributed by atoms with Gasteiger partial charge in [-0.15, -0.1) is 0 Å². The Kier molecular flexibility index (Phi) is 5.37. The molecule has 2 unspecified atom stereocenters. The average molecular weight is 357 g/mol. The Morgan fingerprint density at radius 1 is 1.08 bits per heavy atom. The molecule has 2 fully saturated rings. The summed E-state index contributed by atoms with van der Waals surface area (Å²) in [4.78, 5) is 25.3. The maximum absolute atomic E-state index is 13.0. The minimum atomic E-state index is -0.514. The second kappa shape index (κ2) is 7.39. The highest BCUT2D eigenvalue weighted by atomic mass is 16.2. The van der Waals surface area contributed by atoms with Gasteiger partial charge in [0.25, 0.3) is 5.91 Å². The van der Waals surface area contributed by atoms with E-state index in [0.29, 0.717) is 23.1 Å². The summed E-state index contributed by atoms with van der Waals surface area (Å²) >= 11 is 0. The van der Waals surface area contributed by atoms with E-state index in [1.165, 1.54) is 6.42 Å². The van der Waals surface area contributed by atoms with E-state index in [1.54, 1.807) is 12.1 Å². The molecule has 26 heavy (non-hydrogen) atoms. The van der Waals surface area contributed by atoms with Crippen molar-refractivity contribution in [2.75, 3.05) is 5.32 Å². The van der Waals surface area contributed by atoms with E-state index in [2.05, 4.69) is 10.6 Å². The van der Waals surface area contributed by atoms with Crippen molar-refractivity contribution in [3.63, 3.8) is 0 Å². The molecule has 0 aromatic heterocycles. The molecule has 1 aromatic rings. The molecule has 0 radical (unpaired) electrons. The molecular formula is C21H31N3O2. The molecule has 2 amide bonds. The molecule has 5 nitrogen and oxygen atoms in total. The maximum atomic E-state index is 13.0. The smallest absolute Gasteiger partial charge is 0.253 e. The van der Waals surface area contributed by atoms with E-state index < -0.39 is 5.41 Å². The van der Waals surface area contributed by atoms with E-state index in [-0.39, 0.29) is 23.9 Å².